The summed E-state index contributed by atoms with van der Waals surface area (Å²) in [4.78, 5) is 31.9. The third-order valence-corrected chi connectivity index (χ3v) is 4.54. The second-order valence-electron chi connectivity index (χ2n) is 6.29. The summed E-state index contributed by atoms with van der Waals surface area (Å²) in [7, 11) is 0. The third kappa shape index (κ3) is 4.07. The van der Waals surface area contributed by atoms with Crippen LogP contribution in [-0.2, 0) is 0 Å². The first-order valence-corrected chi connectivity index (χ1v) is 8.93. The van der Waals surface area contributed by atoms with Crippen molar-refractivity contribution in [3.05, 3.63) is 53.5 Å². The van der Waals surface area contributed by atoms with Gasteiger partial charge in [0.25, 0.3) is 5.91 Å². The number of anilines is 1. The monoisotopic (exact) mass is 371 g/mol. The number of carbonyl (C=O) groups is 2. The predicted octanol–water partition coefficient (Wildman–Crippen LogP) is 2.78. The van der Waals surface area contributed by atoms with E-state index in [1.54, 1.807) is 35.4 Å². The number of carbonyl (C=O) groups excluding carboxylic acids is 2. The smallest absolute Gasteiger partial charge is 0.259 e. The molecule has 1 fully saturated rings. The van der Waals surface area contributed by atoms with Crippen molar-refractivity contribution in [3.63, 3.8) is 0 Å². The van der Waals surface area contributed by atoms with Crippen LogP contribution in [0.5, 0.6) is 5.88 Å². The zero-order chi connectivity index (χ0) is 19.4. The average molecular weight is 371 g/mol. The van der Waals surface area contributed by atoms with Crippen molar-refractivity contribution in [2.75, 3.05) is 37.7 Å². The van der Waals surface area contributed by atoms with E-state index in [2.05, 4.69) is 4.98 Å². The van der Waals surface area contributed by atoms with Gasteiger partial charge in [-0.1, -0.05) is 0 Å². The lowest BCUT2D eigenvalue weighted by Gasteiger charge is -2.36. The van der Waals surface area contributed by atoms with Gasteiger partial charge >= 0.3 is 0 Å². The number of rotatable bonds is 5. The molecule has 7 heteroatoms. The zero-order valence-corrected chi connectivity index (χ0v) is 15.4. The molecule has 1 aliphatic heterocycles. The first-order valence-electron chi connectivity index (χ1n) is 8.93. The fraction of sp³-hybridized carbons (Fsp3) is 0.350. The summed E-state index contributed by atoms with van der Waals surface area (Å²) in [5.41, 5.74) is 1.23. The van der Waals surface area contributed by atoms with Crippen LogP contribution < -0.4 is 9.64 Å². The molecule has 0 radical (unpaired) electrons. The van der Waals surface area contributed by atoms with Gasteiger partial charge in [0.1, 0.15) is 11.4 Å². The molecule has 27 heavy (non-hydrogen) atoms. The number of aromatic nitrogens is 1. The van der Waals surface area contributed by atoms with Crippen LogP contribution in [0.2, 0.25) is 0 Å². The highest BCUT2D eigenvalue weighted by Crippen LogP contribution is 2.24. The van der Waals surface area contributed by atoms with E-state index in [9.17, 15) is 14.0 Å². The number of hydrogen-bond donors (Lipinski definition) is 0. The number of halogens is 1. The molecule has 0 N–H and O–H groups in total. The Morgan fingerprint density at radius 3 is 2.56 bits per heavy atom. The van der Waals surface area contributed by atoms with Gasteiger partial charge in [0.05, 0.1) is 12.3 Å². The normalized spacial score (nSPS) is 14.2. The van der Waals surface area contributed by atoms with E-state index in [1.165, 1.54) is 13.0 Å². The number of ether oxygens (including phenoxy) is 1. The molecule has 1 saturated heterocycles. The summed E-state index contributed by atoms with van der Waals surface area (Å²) >= 11 is 0. The van der Waals surface area contributed by atoms with Gasteiger partial charge in [0.15, 0.2) is 5.78 Å². The van der Waals surface area contributed by atoms with E-state index in [1.807, 2.05) is 11.8 Å². The lowest BCUT2D eigenvalue weighted by molar-refractivity contribution is 0.0741. The molecule has 1 aliphatic rings. The third-order valence-electron chi connectivity index (χ3n) is 4.54. The van der Waals surface area contributed by atoms with Crippen LogP contribution >= 0.6 is 0 Å². The average Bonchev–Trinajstić information content (AvgIpc) is 2.68. The van der Waals surface area contributed by atoms with Crippen LogP contribution in [0.15, 0.2) is 36.5 Å². The SMILES string of the molecule is CCOc1ncccc1C(=O)N1CCN(c2ccc(C(C)=O)cc2F)CC1. The minimum atomic E-state index is -0.423. The number of benzene rings is 1. The van der Waals surface area contributed by atoms with Crippen LogP contribution in [0.1, 0.15) is 34.6 Å². The lowest BCUT2D eigenvalue weighted by atomic mass is 10.1. The summed E-state index contributed by atoms with van der Waals surface area (Å²) in [6.07, 6.45) is 1.59. The van der Waals surface area contributed by atoms with Crippen LogP contribution in [-0.4, -0.2) is 54.4 Å². The predicted molar refractivity (Wildman–Crippen MR) is 99.9 cm³/mol. The molecule has 1 aromatic carbocycles. The fourth-order valence-electron chi connectivity index (χ4n) is 3.11. The van der Waals surface area contributed by atoms with Crippen LogP contribution in [0.3, 0.4) is 0 Å². The van der Waals surface area contributed by atoms with Crippen LogP contribution in [0.4, 0.5) is 10.1 Å². The van der Waals surface area contributed by atoms with Gasteiger partial charge in [-0.25, -0.2) is 9.37 Å². The molecule has 1 aromatic heterocycles. The molecule has 0 aliphatic carbocycles. The molecule has 0 saturated carbocycles. The summed E-state index contributed by atoms with van der Waals surface area (Å²) in [5.74, 6) is -0.400. The van der Waals surface area contributed by atoms with Crippen LogP contribution in [0, 0.1) is 5.82 Å². The minimum absolute atomic E-state index is 0.140. The molecule has 142 valence electrons. The van der Waals surface area contributed by atoms with Gasteiger partial charge in [-0.3, -0.25) is 9.59 Å². The molecule has 0 unspecified atom stereocenters. The van der Waals surface area contributed by atoms with Crippen molar-refractivity contribution in [2.24, 2.45) is 0 Å². The van der Waals surface area contributed by atoms with E-state index in [0.29, 0.717) is 55.5 Å². The molecular weight excluding hydrogens is 349 g/mol. The van der Waals surface area contributed by atoms with Gasteiger partial charge in [0, 0.05) is 37.9 Å². The Morgan fingerprint density at radius 2 is 1.93 bits per heavy atom. The van der Waals surface area contributed by atoms with Crippen LogP contribution in [0.25, 0.3) is 0 Å². The lowest BCUT2D eigenvalue weighted by Crippen LogP contribution is -2.49. The Hall–Kier alpha value is -2.96. The Labute approximate surface area is 157 Å². The Bertz CT molecular complexity index is 848. The summed E-state index contributed by atoms with van der Waals surface area (Å²) < 4.78 is 19.8. The Balaban J connectivity index is 1.69. The summed E-state index contributed by atoms with van der Waals surface area (Å²) in [6.45, 7) is 5.63. The molecule has 6 nitrogen and oxygen atoms in total. The zero-order valence-electron chi connectivity index (χ0n) is 15.4. The van der Waals surface area contributed by atoms with E-state index >= 15 is 0 Å². The number of piperazine rings is 1. The van der Waals surface area contributed by atoms with E-state index in [-0.39, 0.29) is 11.7 Å². The summed E-state index contributed by atoms with van der Waals surface area (Å²) in [5, 5.41) is 0. The maximum absolute atomic E-state index is 14.4. The molecule has 0 atom stereocenters. The molecular formula is C20H22FN3O3. The second kappa shape index (κ2) is 8.16. The van der Waals surface area contributed by atoms with Crippen molar-refractivity contribution in [1.82, 2.24) is 9.88 Å². The highest BCUT2D eigenvalue weighted by Gasteiger charge is 2.26. The standard InChI is InChI=1S/C20H22FN3O3/c1-3-27-19-16(5-4-8-22-19)20(26)24-11-9-23(10-12-24)18-7-6-15(14(2)25)13-17(18)21/h4-8,13H,3,9-12H2,1-2H3. The van der Waals surface area contributed by atoms with Crippen molar-refractivity contribution >= 4 is 17.4 Å². The second-order valence-corrected chi connectivity index (χ2v) is 6.29. The maximum atomic E-state index is 14.4. The highest BCUT2D eigenvalue weighted by molar-refractivity contribution is 5.96. The van der Waals surface area contributed by atoms with Crippen molar-refractivity contribution in [1.29, 1.82) is 0 Å². The fourth-order valence-corrected chi connectivity index (χ4v) is 3.11. The number of ketones is 1. The minimum Gasteiger partial charge on any atom is -0.477 e. The maximum Gasteiger partial charge on any atom is 0.259 e. The number of nitrogens with zero attached hydrogens (tertiary/aromatic N) is 3. The van der Waals surface area contributed by atoms with Gasteiger partial charge in [-0.15, -0.1) is 0 Å². The molecule has 0 spiro atoms. The molecule has 1 amide bonds. The largest absolute Gasteiger partial charge is 0.477 e. The summed E-state index contributed by atoms with van der Waals surface area (Å²) in [6, 6.07) is 7.92. The Kier molecular flexibility index (Phi) is 5.69. The molecule has 2 heterocycles. The Morgan fingerprint density at radius 1 is 1.19 bits per heavy atom. The van der Waals surface area contributed by atoms with Gasteiger partial charge in [0.2, 0.25) is 5.88 Å². The number of amides is 1. The number of Topliss-reactive ketones (excluding diaryl/α,β-unsaturated/α-hetero) is 1. The van der Waals surface area contributed by atoms with Crippen molar-refractivity contribution in [2.45, 2.75) is 13.8 Å². The topological polar surface area (TPSA) is 62.7 Å². The quantitative estimate of drug-likeness (QED) is 0.757. The molecule has 0 bridgehead atoms. The van der Waals surface area contributed by atoms with E-state index in [0.717, 1.165) is 0 Å². The van der Waals surface area contributed by atoms with Crippen molar-refractivity contribution < 1.29 is 18.7 Å². The van der Waals surface area contributed by atoms with Gasteiger partial charge in [-0.05, 0) is 44.2 Å². The number of hydrogen-bond acceptors (Lipinski definition) is 5. The van der Waals surface area contributed by atoms with Gasteiger partial charge < -0.3 is 14.5 Å². The van der Waals surface area contributed by atoms with Gasteiger partial charge in [-0.2, -0.15) is 0 Å². The highest BCUT2D eigenvalue weighted by atomic mass is 19.1. The first kappa shape index (κ1) is 18.8. The van der Waals surface area contributed by atoms with E-state index < -0.39 is 5.82 Å². The molecule has 3 rings (SSSR count). The number of pyridine rings is 1. The van der Waals surface area contributed by atoms with E-state index in [4.69, 9.17) is 4.74 Å². The first-order chi connectivity index (χ1) is 13.0. The molecule has 2 aromatic rings. The van der Waals surface area contributed by atoms with Crippen molar-refractivity contribution in [3.8, 4) is 5.88 Å².